The second kappa shape index (κ2) is 4.57. The Kier molecular flexibility index (Phi) is 3.13. The molecule has 0 unspecified atom stereocenters. The van der Waals surface area contributed by atoms with Crippen LogP contribution in [-0.2, 0) is 11.2 Å². The molecule has 0 atom stereocenters. The zero-order valence-corrected chi connectivity index (χ0v) is 9.93. The average Bonchev–Trinajstić information content (AvgIpc) is 2.69. The summed E-state index contributed by atoms with van der Waals surface area (Å²) >= 11 is 0. The molecule has 0 saturated heterocycles. The van der Waals surface area contributed by atoms with Crippen molar-refractivity contribution >= 4 is 17.1 Å². The minimum Gasteiger partial charge on any atom is -0.481 e. The molecule has 2 rings (SSSR count). The van der Waals surface area contributed by atoms with Gasteiger partial charge in [0.2, 0.25) is 0 Å². The number of aromatic nitrogens is 1. The van der Waals surface area contributed by atoms with Crippen LogP contribution in [0.2, 0.25) is 0 Å². The largest absolute Gasteiger partial charge is 0.481 e. The third kappa shape index (κ3) is 2.64. The Bertz CT molecular complexity index is 543. The van der Waals surface area contributed by atoms with Gasteiger partial charge in [-0.1, -0.05) is 19.9 Å². The zero-order chi connectivity index (χ0) is 12.4. The van der Waals surface area contributed by atoms with E-state index in [4.69, 9.17) is 9.52 Å². The molecule has 0 aliphatic heterocycles. The SMILES string of the molecule is CC(C)c1nc2ccc(CCC(=O)O)cc2o1. The topological polar surface area (TPSA) is 63.3 Å². The molecule has 0 spiro atoms. The van der Waals surface area contributed by atoms with Gasteiger partial charge in [-0.05, 0) is 24.1 Å². The minimum atomic E-state index is -0.787. The predicted octanol–water partition coefficient (Wildman–Crippen LogP) is 2.97. The summed E-state index contributed by atoms with van der Waals surface area (Å²) in [5.74, 6) is 0.186. The van der Waals surface area contributed by atoms with Gasteiger partial charge in [0, 0.05) is 12.3 Å². The van der Waals surface area contributed by atoms with Gasteiger partial charge >= 0.3 is 5.97 Å². The first kappa shape index (κ1) is 11.6. The number of fused-ring (bicyclic) bond motifs is 1. The second-order valence-electron chi connectivity index (χ2n) is 4.40. The van der Waals surface area contributed by atoms with Crippen LogP contribution in [0.25, 0.3) is 11.1 Å². The van der Waals surface area contributed by atoms with E-state index in [1.54, 1.807) is 0 Å². The van der Waals surface area contributed by atoms with Crippen LogP contribution in [0.1, 0.15) is 37.6 Å². The molecular weight excluding hydrogens is 218 g/mol. The summed E-state index contributed by atoms with van der Waals surface area (Å²) in [6, 6.07) is 5.65. The standard InChI is InChI=1S/C13H15NO3/c1-8(2)13-14-10-5-3-9(4-6-12(15)16)7-11(10)17-13/h3,5,7-8H,4,6H2,1-2H3,(H,15,16). The van der Waals surface area contributed by atoms with Crippen LogP contribution < -0.4 is 0 Å². The van der Waals surface area contributed by atoms with Crippen LogP contribution in [-0.4, -0.2) is 16.1 Å². The number of rotatable bonds is 4. The van der Waals surface area contributed by atoms with E-state index in [2.05, 4.69) is 4.98 Å². The maximum atomic E-state index is 10.5. The third-order valence-corrected chi connectivity index (χ3v) is 2.59. The fraction of sp³-hybridized carbons (Fsp3) is 0.385. The van der Waals surface area contributed by atoms with E-state index in [1.807, 2.05) is 32.0 Å². The van der Waals surface area contributed by atoms with Crippen LogP contribution in [0.15, 0.2) is 22.6 Å². The smallest absolute Gasteiger partial charge is 0.303 e. The first-order valence-electron chi connectivity index (χ1n) is 5.67. The van der Waals surface area contributed by atoms with Crippen molar-refractivity contribution in [1.82, 2.24) is 4.98 Å². The molecule has 0 fully saturated rings. The normalized spacial score (nSPS) is 11.2. The predicted molar refractivity (Wildman–Crippen MR) is 64.1 cm³/mol. The van der Waals surface area contributed by atoms with Crippen molar-refractivity contribution in [2.45, 2.75) is 32.6 Å². The summed E-state index contributed by atoms with van der Waals surface area (Å²) in [6.07, 6.45) is 0.652. The summed E-state index contributed by atoms with van der Waals surface area (Å²) < 4.78 is 5.62. The van der Waals surface area contributed by atoms with Crippen molar-refractivity contribution < 1.29 is 14.3 Å². The van der Waals surface area contributed by atoms with Crippen LogP contribution >= 0.6 is 0 Å². The van der Waals surface area contributed by atoms with Gasteiger partial charge in [-0.15, -0.1) is 0 Å². The number of nitrogens with zero attached hydrogens (tertiary/aromatic N) is 1. The number of aryl methyl sites for hydroxylation is 1. The van der Waals surface area contributed by atoms with Crippen molar-refractivity contribution in [1.29, 1.82) is 0 Å². The third-order valence-electron chi connectivity index (χ3n) is 2.59. The number of benzene rings is 1. The van der Waals surface area contributed by atoms with Crippen molar-refractivity contribution in [2.24, 2.45) is 0 Å². The molecule has 4 nitrogen and oxygen atoms in total. The van der Waals surface area contributed by atoms with Crippen LogP contribution in [0.3, 0.4) is 0 Å². The Morgan fingerprint density at radius 1 is 1.47 bits per heavy atom. The lowest BCUT2D eigenvalue weighted by Gasteiger charge is -1.97. The summed E-state index contributed by atoms with van der Waals surface area (Å²) in [6.45, 7) is 4.05. The Morgan fingerprint density at radius 2 is 2.24 bits per heavy atom. The summed E-state index contributed by atoms with van der Waals surface area (Å²) in [4.78, 5) is 14.9. The van der Waals surface area contributed by atoms with E-state index < -0.39 is 5.97 Å². The van der Waals surface area contributed by atoms with Gasteiger partial charge in [-0.25, -0.2) is 4.98 Å². The molecule has 0 bridgehead atoms. The highest BCUT2D eigenvalue weighted by Crippen LogP contribution is 2.22. The quantitative estimate of drug-likeness (QED) is 0.881. The number of aliphatic carboxylic acids is 1. The lowest BCUT2D eigenvalue weighted by Crippen LogP contribution is -1.96. The number of hydrogen-bond donors (Lipinski definition) is 1. The van der Waals surface area contributed by atoms with E-state index in [-0.39, 0.29) is 12.3 Å². The summed E-state index contributed by atoms with van der Waals surface area (Å²) in [5.41, 5.74) is 2.52. The lowest BCUT2D eigenvalue weighted by atomic mass is 10.1. The molecule has 4 heteroatoms. The maximum Gasteiger partial charge on any atom is 0.303 e. The number of carbonyl (C=O) groups is 1. The Labute approximate surface area is 99.3 Å². The molecule has 0 radical (unpaired) electrons. The minimum absolute atomic E-state index is 0.136. The molecule has 1 aromatic carbocycles. The van der Waals surface area contributed by atoms with Crippen molar-refractivity contribution in [3.63, 3.8) is 0 Å². The van der Waals surface area contributed by atoms with E-state index >= 15 is 0 Å². The average molecular weight is 233 g/mol. The van der Waals surface area contributed by atoms with Crippen molar-refractivity contribution in [3.8, 4) is 0 Å². The van der Waals surface area contributed by atoms with Crippen molar-refractivity contribution in [2.75, 3.05) is 0 Å². The highest BCUT2D eigenvalue weighted by atomic mass is 16.4. The fourth-order valence-electron chi connectivity index (χ4n) is 1.64. The molecule has 0 aliphatic rings. The molecule has 0 aliphatic carbocycles. The fourth-order valence-corrected chi connectivity index (χ4v) is 1.64. The molecule has 1 N–H and O–H groups in total. The number of oxazole rings is 1. The Hall–Kier alpha value is -1.84. The first-order chi connectivity index (χ1) is 8.06. The summed E-state index contributed by atoms with van der Waals surface area (Å²) in [5, 5.41) is 8.63. The number of hydrogen-bond acceptors (Lipinski definition) is 3. The van der Waals surface area contributed by atoms with Gasteiger partial charge in [-0.3, -0.25) is 4.79 Å². The zero-order valence-electron chi connectivity index (χ0n) is 9.93. The molecule has 0 amide bonds. The number of carboxylic acids is 1. The Morgan fingerprint density at radius 3 is 2.88 bits per heavy atom. The van der Waals surface area contributed by atoms with E-state index in [9.17, 15) is 4.79 Å². The van der Waals surface area contributed by atoms with Crippen molar-refractivity contribution in [3.05, 3.63) is 29.7 Å². The molecule has 90 valence electrons. The van der Waals surface area contributed by atoms with Gasteiger partial charge < -0.3 is 9.52 Å². The molecule has 1 heterocycles. The van der Waals surface area contributed by atoms with E-state index in [0.717, 1.165) is 22.6 Å². The highest BCUT2D eigenvalue weighted by molar-refractivity contribution is 5.74. The van der Waals surface area contributed by atoms with E-state index in [1.165, 1.54) is 0 Å². The van der Waals surface area contributed by atoms with Crippen LogP contribution in [0.5, 0.6) is 0 Å². The van der Waals surface area contributed by atoms with E-state index in [0.29, 0.717) is 6.42 Å². The molecule has 17 heavy (non-hydrogen) atoms. The molecule has 2 aromatic rings. The highest BCUT2D eigenvalue weighted by Gasteiger charge is 2.09. The van der Waals surface area contributed by atoms with Gasteiger partial charge in [-0.2, -0.15) is 0 Å². The Balaban J connectivity index is 2.27. The molecule has 0 saturated carbocycles. The number of carboxylic acid groups (broad SMARTS) is 1. The van der Waals surface area contributed by atoms with Crippen LogP contribution in [0.4, 0.5) is 0 Å². The lowest BCUT2D eigenvalue weighted by molar-refractivity contribution is -0.136. The van der Waals surface area contributed by atoms with Gasteiger partial charge in [0.15, 0.2) is 11.5 Å². The van der Waals surface area contributed by atoms with Gasteiger partial charge in [0.05, 0.1) is 0 Å². The summed E-state index contributed by atoms with van der Waals surface area (Å²) in [7, 11) is 0. The molecule has 1 aromatic heterocycles. The maximum absolute atomic E-state index is 10.5. The monoisotopic (exact) mass is 233 g/mol. The van der Waals surface area contributed by atoms with Gasteiger partial charge in [0.25, 0.3) is 0 Å². The van der Waals surface area contributed by atoms with Crippen LogP contribution in [0, 0.1) is 0 Å². The van der Waals surface area contributed by atoms with Gasteiger partial charge in [0.1, 0.15) is 5.52 Å². The second-order valence-corrected chi connectivity index (χ2v) is 4.40. The first-order valence-corrected chi connectivity index (χ1v) is 5.67. The molecular formula is C13H15NO3.